The van der Waals surface area contributed by atoms with Crippen LogP contribution in [0.25, 0.3) is 0 Å². The Morgan fingerprint density at radius 1 is 0.745 bits per heavy atom. The molecule has 51 heavy (non-hydrogen) atoms. The standard InChI is InChI=1S/C34H41O16P/c1-21(35)42-20-29(46-23(3)37)31(48-25(5)39)32-30(47-24(4)38)28(45-22(2)36)17-34(49-32,33(40)41-6)50-51(43-18-26-13-9-7-10-14-26)44-19-27-15-11-8-12-16-27/h7-16,28-32H,17-20H2,1-6H3/t28?,29-,30?,31+,32?,34?/m0/s1. The summed E-state index contributed by atoms with van der Waals surface area (Å²) in [6.07, 6.45) is -8.98. The van der Waals surface area contributed by atoms with Crippen molar-refractivity contribution in [3.63, 3.8) is 0 Å². The van der Waals surface area contributed by atoms with E-state index in [4.69, 9.17) is 46.7 Å². The summed E-state index contributed by atoms with van der Waals surface area (Å²) in [5.41, 5.74) is 1.45. The predicted octanol–water partition coefficient (Wildman–Crippen LogP) is 3.61. The highest BCUT2D eigenvalue weighted by Gasteiger charge is 2.61. The molecule has 16 nitrogen and oxygen atoms in total. The molecule has 0 aromatic heterocycles. The van der Waals surface area contributed by atoms with E-state index in [0.717, 1.165) is 52.9 Å². The van der Waals surface area contributed by atoms with Crippen LogP contribution in [0.4, 0.5) is 0 Å². The molecule has 278 valence electrons. The molecule has 0 amide bonds. The summed E-state index contributed by atoms with van der Waals surface area (Å²) in [5.74, 6) is -8.09. The van der Waals surface area contributed by atoms with E-state index < -0.39 is 93.8 Å². The zero-order valence-corrected chi connectivity index (χ0v) is 29.9. The molecule has 0 aliphatic carbocycles. The largest absolute Gasteiger partial charge is 0.465 e. The Labute approximate surface area is 295 Å². The molecule has 0 bridgehead atoms. The molecule has 4 unspecified atom stereocenters. The van der Waals surface area contributed by atoms with E-state index in [1.807, 2.05) is 12.1 Å². The van der Waals surface area contributed by atoms with Crippen molar-refractivity contribution in [3.05, 3.63) is 71.8 Å². The maximum absolute atomic E-state index is 13.8. The molecule has 0 radical (unpaired) electrons. The highest BCUT2D eigenvalue weighted by Crippen LogP contribution is 2.50. The van der Waals surface area contributed by atoms with Gasteiger partial charge in [-0.05, 0) is 11.1 Å². The predicted molar refractivity (Wildman–Crippen MR) is 174 cm³/mol. The lowest BCUT2D eigenvalue weighted by Crippen LogP contribution is -2.66. The van der Waals surface area contributed by atoms with Crippen LogP contribution < -0.4 is 0 Å². The van der Waals surface area contributed by atoms with Gasteiger partial charge < -0.3 is 42.2 Å². The monoisotopic (exact) mass is 736 g/mol. The number of hydrogen-bond donors (Lipinski definition) is 0. The molecule has 17 heteroatoms. The molecule has 2 aromatic carbocycles. The van der Waals surface area contributed by atoms with Crippen LogP contribution in [-0.4, -0.2) is 85.8 Å². The molecule has 6 atom stereocenters. The van der Waals surface area contributed by atoms with Crippen LogP contribution in [0.1, 0.15) is 52.2 Å². The van der Waals surface area contributed by atoms with Gasteiger partial charge in [-0.2, -0.15) is 0 Å². The topological polar surface area (TPSA) is 195 Å². The molecule has 1 aliphatic heterocycles. The minimum Gasteiger partial charge on any atom is -0.465 e. The van der Waals surface area contributed by atoms with E-state index in [1.54, 1.807) is 48.5 Å². The van der Waals surface area contributed by atoms with Gasteiger partial charge in [0, 0.05) is 34.6 Å². The Bertz CT molecular complexity index is 1440. The summed E-state index contributed by atoms with van der Waals surface area (Å²) >= 11 is 0. The Morgan fingerprint density at radius 2 is 1.27 bits per heavy atom. The maximum Gasteiger partial charge on any atom is 0.367 e. The normalized spacial score (nSPS) is 21.0. The lowest BCUT2D eigenvalue weighted by atomic mass is 9.90. The maximum atomic E-state index is 13.8. The van der Waals surface area contributed by atoms with Crippen molar-refractivity contribution < 1.29 is 75.5 Å². The van der Waals surface area contributed by atoms with Crippen LogP contribution >= 0.6 is 8.60 Å². The van der Waals surface area contributed by atoms with Crippen LogP contribution in [0.2, 0.25) is 0 Å². The molecule has 2 aromatic rings. The van der Waals surface area contributed by atoms with E-state index in [2.05, 4.69) is 0 Å². The van der Waals surface area contributed by atoms with Gasteiger partial charge in [-0.1, -0.05) is 60.7 Å². The fourth-order valence-corrected chi connectivity index (χ4v) is 6.11. The number of carbonyl (C=O) groups excluding carboxylic acids is 6. The number of methoxy groups -OCH3 is 1. The SMILES string of the molecule is COC(=O)C1(OP(OCc2ccccc2)OCc2ccccc2)CC(OC(C)=O)C(OC(C)=O)C([C@H](OC(C)=O)[C@H](COC(C)=O)OC(C)=O)O1. The lowest BCUT2D eigenvalue weighted by Gasteiger charge is -2.47. The van der Waals surface area contributed by atoms with Gasteiger partial charge in [0.05, 0.1) is 26.7 Å². The third kappa shape index (κ3) is 13.0. The van der Waals surface area contributed by atoms with Crippen LogP contribution in [0, 0.1) is 0 Å². The molecule has 1 heterocycles. The van der Waals surface area contributed by atoms with E-state index in [0.29, 0.717) is 0 Å². The van der Waals surface area contributed by atoms with Crippen LogP contribution in [0.15, 0.2) is 60.7 Å². The summed E-state index contributed by atoms with van der Waals surface area (Å²) in [6.45, 7) is 4.52. The van der Waals surface area contributed by atoms with Gasteiger partial charge in [-0.25, -0.2) is 4.79 Å². The summed E-state index contributed by atoms with van der Waals surface area (Å²) in [6, 6.07) is 18.0. The average molecular weight is 737 g/mol. The molecule has 1 saturated heterocycles. The highest BCUT2D eigenvalue weighted by molar-refractivity contribution is 7.41. The first-order chi connectivity index (χ1) is 24.2. The van der Waals surface area contributed by atoms with Crippen molar-refractivity contribution in [2.45, 2.75) is 90.6 Å². The summed E-state index contributed by atoms with van der Waals surface area (Å²) in [7, 11) is -1.49. The Kier molecular flexibility index (Phi) is 15.9. The summed E-state index contributed by atoms with van der Waals surface area (Å²) in [4.78, 5) is 75.2. The van der Waals surface area contributed by atoms with Gasteiger partial charge in [0.15, 0.2) is 18.3 Å². The first-order valence-electron chi connectivity index (χ1n) is 15.6. The van der Waals surface area contributed by atoms with Crippen molar-refractivity contribution in [2.75, 3.05) is 13.7 Å². The van der Waals surface area contributed by atoms with Crippen molar-refractivity contribution in [2.24, 2.45) is 0 Å². The van der Waals surface area contributed by atoms with Crippen molar-refractivity contribution >= 4 is 44.4 Å². The van der Waals surface area contributed by atoms with Crippen molar-refractivity contribution in [3.8, 4) is 0 Å². The second-order valence-corrected chi connectivity index (χ2v) is 12.3. The van der Waals surface area contributed by atoms with Crippen LogP contribution in [-0.2, 0) is 88.7 Å². The van der Waals surface area contributed by atoms with Crippen molar-refractivity contribution in [1.29, 1.82) is 0 Å². The smallest absolute Gasteiger partial charge is 0.367 e. The summed E-state index contributed by atoms with van der Waals surface area (Å²) < 4.78 is 56.8. The number of rotatable bonds is 17. The fraction of sp³-hybridized carbons (Fsp3) is 0.471. The average Bonchev–Trinajstić information content (AvgIpc) is 3.07. The number of benzene rings is 2. The Morgan fingerprint density at radius 3 is 1.73 bits per heavy atom. The third-order valence-electron chi connectivity index (χ3n) is 6.94. The minimum atomic E-state index is -2.56. The molecule has 0 spiro atoms. The van der Waals surface area contributed by atoms with Crippen LogP contribution in [0.3, 0.4) is 0 Å². The second kappa shape index (κ2) is 19.8. The van der Waals surface area contributed by atoms with Gasteiger partial charge >= 0.3 is 44.4 Å². The number of esters is 6. The van der Waals surface area contributed by atoms with Gasteiger partial charge in [0.2, 0.25) is 0 Å². The molecule has 1 fully saturated rings. The van der Waals surface area contributed by atoms with E-state index >= 15 is 0 Å². The Balaban J connectivity index is 2.17. The molecule has 0 saturated carbocycles. The second-order valence-electron chi connectivity index (χ2n) is 11.1. The molecule has 1 aliphatic rings. The first-order valence-corrected chi connectivity index (χ1v) is 16.7. The highest BCUT2D eigenvalue weighted by atomic mass is 31.2. The van der Waals surface area contributed by atoms with E-state index in [1.165, 1.54) is 0 Å². The number of ether oxygens (including phenoxy) is 7. The van der Waals surface area contributed by atoms with E-state index in [9.17, 15) is 28.8 Å². The lowest BCUT2D eigenvalue weighted by molar-refractivity contribution is -0.311. The molecule has 3 rings (SSSR count). The van der Waals surface area contributed by atoms with Crippen LogP contribution in [0.5, 0.6) is 0 Å². The summed E-state index contributed by atoms with van der Waals surface area (Å²) in [5, 5.41) is 0. The zero-order valence-electron chi connectivity index (χ0n) is 29.0. The third-order valence-corrected chi connectivity index (χ3v) is 8.07. The number of carbonyl (C=O) groups is 6. The minimum absolute atomic E-state index is 0.0432. The van der Waals surface area contributed by atoms with Crippen molar-refractivity contribution in [1.82, 2.24) is 0 Å². The zero-order chi connectivity index (χ0) is 37.6. The fourth-order valence-electron chi connectivity index (χ4n) is 4.99. The molecular weight excluding hydrogens is 695 g/mol. The molecular formula is C34H41O16P. The van der Waals surface area contributed by atoms with E-state index in [-0.39, 0.29) is 13.2 Å². The Hall–Kier alpha value is -4.47. The van der Waals surface area contributed by atoms with Gasteiger partial charge in [-0.3, -0.25) is 28.5 Å². The van der Waals surface area contributed by atoms with Gasteiger partial charge in [-0.15, -0.1) is 0 Å². The first kappa shape index (κ1) is 41.0. The quantitative estimate of drug-likeness (QED) is 0.130. The van der Waals surface area contributed by atoms with Gasteiger partial charge in [0.25, 0.3) is 5.79 Å². The van der Waals surface area contributed by atoms with Gasteiger partial charge in [0.1, 0.15) is 18.8 Å². The molecule has 0 N–H and O–H groups in total. The number of hydrogen-bond acceptors (Lipinski definition) is 16.